The van der Waals surface area contributed by atoms with Gasteiger partial charge in [0.05, 0.1) is 0 Å². The molecule has 2 rings (SSSR count). The van der Waals surface area contributed by atoms with Crippen LogP contribution < -0.4 is 0 Å². The molecule has 18 heavy (non-hydrogen) atoms. The van der Waals surface area contributed by atoms with E-state index in [9.17, 15) is 9.90 Å². The summed E-state index contributed by atoms with van der Waals surface area (Å²) in [4.78, 5) is 11.5. The Bertz CT molecular complexity index is 431. The smallest absolute Gasteiger partial charge is 0.336 e. The van der Waals surface area contributed by atoms with Gasteiger partial charge in [-0.1, -0.05) is 23.8 Å². The topological polar surface area (TPSA) is 46.5 Å². The number of carbonyl (C=O) groups excluding carboxylic acids is 1. The van der Waals surface area contributed by atoms with E-state index in [0.717, 1.165) is 18.4 Å². The Morgan fingerprint density at radius 3 is 2.83 bits per heavy atom. The van der Waals surface area contributed by atoms with Crippen molar-refractivity contribution < 1.29 is 14.6 Å². The molecule has 3 heteroatoms. The van der Waals surface area contributed by atoms with E-state index >= 15 is 0 Å². The van der Waals surface area contributed by atoms with Gasteiger partial charge in [-0.15, -0.1) is 0 Å². The summed E-state index contributed by atoms with van der Waals surface area (Å²) in [6.07, 6.45) is 5.50. The molecule has 3 atom stereocenters. The molecule has 0 amide bonds. The highest BCUT2D eigenvalue weighted by atomic mass is 16.6. The quantitative estimate of drug-likeness (QED) is 0.617. The highest BCUT2D eigenvalue weighted by Crippen LogP contribution is 2.37. The number of allylic oxidation sites excluding steroid dienone is 3. The number of hydrogen-bond acceptors (Lipinski definition) is 3. The van der Waals surface area contributed by atoms with E-state index in [-0.39, 0.29) is 5.97 Å². The first-order chi connectivity index (χ1) is 8.47. The first-order valence-corrected chi connectivity index (χ1v) is 6.40. The second-order valence-corrected chi connectivity index (χ2v) is 5.36. The summed E-state index contributed by atoms with van der Waals surface area (Å²) in [5, 5.41) is 9.27. The zero-order chi connectivity index (χ0) is 13.3. The lowest BCUT2D eigenvalue weighted by Gasteiger charge is -2.30. The second kappa shape index (κ2) is 5.11. The van der Waals surface area contributed by atoms with Crippen molar-refractivity contribution in [3.8, 4) is 0 Å². The van der Waals surface area contributed by atoms with Gasteiger partial charge < -0.3 is 9.84 Å². The Morgan fingerprint density at radius 1 is 1.56 bits per heavy atom. The van der Waals surface area contributed by atoms with Gasteiger partial charge in [-0.25, -0.2) is 4.79 Å². The van der Waals surface area contributed by atoms with Crippen LogP contribution in [0.25, 0.3) is 0 Å². The van der Waals surface area contributed by atoms with Gasteiger partial charge in [-0.3, -0.25) is 0 Å². The molecule has 0 bridgehead atoms. The minimum atomic E-state index is -1.07. The van der Waals surface area contributed by atoms with Crippen LogP contribution in [-0.2, 0) is 9.53 Å². The van der Waals surface area contributed by atoms with E-state index in [4.69, 9.17) is 4.74 Å². The molecule has 0 aromatic heterocycles. The van der Waals surface area contributed by atoms with Crippen LogP contribution in [0.15, 0.2) is 35.5 Å². The molecule has 0 fully saturated rings. The fourth-order valence-electron chi connectivity index (χ4n) is 2.84. The van der Waals surface area contributed by atoms with Gasteiger partial charge in [0.15, 0.2) is 0 Å². The molecule has 98 valence electrons. The van der Waals surface area contributed by atoms with Gasteiger partial charge >= 0.3 is 5.97 Å². The van der Waals surface area contributed by atoms with E-state index in [0.29, 0.717) is 23.8 Å². The van der Waals surface area contributed by atoms with Gasteiger partial charge in [0.25, 0.3) is 0 Å². The summed E-state index contributed by atoms with van der Waals surface area (Å²) in [6, 6.07) is 0. The van der Waals surface area contributed by atoms with Crippen LogP contribution in [0.4, 0.5) is 0 Å². The molecule has 3 unspecified atom stereocenters. The van der Waals surface area contributed by atoms with E-state index in [1.165, 1.54) is 11.6 Å². The third-order valence-electron chi connectivity index (χ3n) is 3.79. The molecular weight excluding hydrogens is 228 g/mol. The number of aliphatic hydroxyl groups excluding tert-OH is 1. The Labute approximate surface area is 108 Å². The van der Waals surface area contributed by atoms with Crippen molar-refractivity contribution in [3.05, 3.63) is 35.5 Å². The second-order valence-electron chi connectivity index (χ2n) is 5.36. The number of esters is 1. The number of hydrogen-bond donors (Lipinski definition) is 1. The molecule has 0 aromatic rings. The molecule has 1 heterocycles. The molecule has 1 N–H and O–H groups in total. The van der Waals surface area contributed by atoms with Crippen molar-refractivity contribution in [2.45, 2.75) is 39.4 Å². The molecular formula is C15H20O3. The van der Waals surface area contributed by atoms with Crippen molar-refractivity contribution in [3.63, 3.8) is 0 Å². The lowest BCUT2D eigenvalue weighted by Crippen LogP contribution is -2.20. The highest BCUT2D eigenvalue weighted by Gasteiger charge is 2.30. The molecule has 0 saturated carbocycles. The zero-order valence-electron chi connectivity index (χ0n) is 11.0. The van der Waals surface area contributed by atoms with E-state index in [1.54, 1.807) is 0 Å². The van der Waals surface area contributed by atoms with Crippen molar-refractivity contribution >= 4 is 5.97 Å². The minimum Gasteiger partial charge on any atom is -0.429 e. The molecule has 2 aliphatic rings. The first-order valence-electron chi connectivity index (χ1n) is 6.40. The van der Waals surface area contributed by atoms with E-state index in [2.05, 4.69) is 19.6 Å². The molecule has 0 spiro atoms. The summed E-state index contributed by atoms with van der Waals surface area (Å²) < 4.78 is 4.72. The Morgan fingerprint density at radius 2 is 2.28 bits per heavy atom. The van der Waals surface area contributed by atoms with Crippen LogP contribution in [0.1, 0.15) is 33.1 Å². The van der Waals surface area contributed by atoms with Crippen LogP contribution in [0, 0.1) is 11.8 Å². The van der Waals surface area contributed by atoms with Crippen molar-refractivity contribution in [2.24, 2.45) is 11.8 Å². The number of carbonyl (C=O) groups is 1. The van der Waals surface area contributed by atoms with Gasteiger partial charge in [0.1, 0.15) is 0 Å². The van der Waals surface area contributed by atoms with Gasteiger partial charge in [0.2, 0.25) is 6.29 Å². The highest BCUT2D eigenvalue weighted by molar-refractivity contribution is 5.90. The summed E-state index contributed by atoms with van der Waals surface area (Å²) >= 11 is 0. The lowest BCUT2D eigenvalue weighted by atomic mass is 9.75. The summed E-state index contributed by atoms with van der Waals surface area (Å²) in [7, 11) is 0. The van der Waals surface area contributed by atoms with Crippen molar-refractivity contribution in [1.82, 2.24) is 0 Å². The molecule has 0 aromatic carbocycles. The molecule has 0 radical (unpaired) electrons. The fourth-order valence-corrected chi connectivity index (χ4v) is 2.84. The van der Waals surface area contributed by atoms with Crippen LogP contribution in [0.2, 0.25) is 0 Å². The summed E-state index contributed by atoms with van der Waals surface area (Å²) in [6.45, 7) is 8.22. The third kappa shape index (κ3) is 2.72. The van der Waals surface area contributed by atoms with E-state index in [1.807, 2.05) is 6.92 Å². The predicted molar refractivity (Wildman–Crippen MR) is 69.6 cm³/mol. The number of aliphatic hydroxyl groups is 1. The van der Waals surface area contributed by atoms with E-state index < -0.39 is 6.29 Å². The Kier molecular flexibility index (Phi) is 3.71. The zero-order valence-corrected chi connectivity index (χ0v) is 11.0. The van der Waals surface area contributed by atoms with Crippen LogP contribution in [0.3, 0.4) is 0 Å². The number of ether oxygens (including phenoxy) is 1. The summed E-state index contributed by atoms with van der Waals surface area (Å²) in [5.74, 6) is 0.320. The van der Waals surface area contributed by atoms with Crippen molar-refractivity contribution in [1.29, 1.82) is 0 Å². The van der Waals surface area contributed by atoms with Crippen LogP contribution in [-0.4, -0.2) is 17.4 Å². The van der Waals surface area contributed by atoms with Crippen LogP contribution >= 0.6 is 0 Å². The predicted octanol–water partition coefficient (Wildman–Crippen LogP) is 2.73. The standard InChI is InChI=1S/C15H20O3/c1-9(2)13-5-4-10(3)6-11(13)7-12-8-14(16)18-15(12)17/h6,8,11,13-14,16H,1,4-5,7H2,2-3H3. The fraction of sp³-hybridized carbons (Fsp3) is 0.533. The van der Waals surface area contributed by atoms with Crippen molar-refractivity contribution in [2.75, 3.05) is 0 Å². The Hall–Kier alpha value is -1.35. The molecule has 0 saturated heterocycles. The number of cyclic esters (lactones) is 1. The molecule has 1 aliphatic carbocycles. The monoisotopic (exact) mass is 248 g/mol. The maximum absolute atomic E-state index is 11.5. The SMILES string of the molecule is C=C(C)C1CCC(C)=CC1CC1=CC(O)OC1=O. The lowest BCUT2D eigenvalue weighted by molar-refractivity contribution is -0.151. The average molecular weight is 248 g/mol. The summed E-state index contributed by atoms with van der Waals surface area (Å²) in [5.41, 5.74) is 3.12. The normalized spacial score (nSPS) is 31.7. The largest absolute Gasteiger partial charge is 0.429 e. The van der Waals surface area contributed by atoms with Gasteiger partial charge in [0, 0.05) is 5.57 Å². The first kappa shape index (κ1) is 13.1. The van der Waals surface area contributed by atoms with Gasteiger partial charge in [-0.2, -0.15) is 0 Å². The number of rotatable bonds is 3. The Balaban J connectivity index is 2.14. The third-order valence-corrected chi connectivity index (χ3v) is 3.79. The maximum Gasteiger partial charge on any atom is 0.336 e. The van der Waals surface area contributed by atoms with Gasteiger partial charge in [-0.05, 0) is 51.0 Å². The molecule has 1 aliphatic heterocycles. The minimum absolute atomic E-state index is 0.292. The van der Waals surface area contributed by atoms with Crippen LogP contribution in [0.5, 0.6) is 0 Å². The molecule has 3 nitrogen and oxygen atoms in total. The average Bonchev–Trinajstić information content (AvgIpc) is 2.57. The maximum atomic E-state index is 11.5.